The van der Waals surface area contributed by atoms with E-state index in [2.05, 4.69) is 13.9 Å². The number of alkyl halides is 3. The summed E-state index contributed by atoms with van der Waals surface area (Å²) in [7, 11) is -2.84. The molecule has 38 heavy (non-hydrogen) atoms. The van der Waals surface area contributed by atoms with Gasteiger partial charge in [-0.25, -0.2) is 4.98 Å². The zero-order chi connectivity index (χ0) is 28.6. The van der Waals surface area contributed by atoms with Crippen molar-refractivity contribution < 1.29 is 54.4 Å². The van der Waals surface area contributed by atoms with E-state index in [1.807, 2.05) is 0 Å². The Morgan fingerprint density at radius 3 is 2.47 bits per heavy atom. The van der Waals surface area contributed by atoms with E-state index in [1.165, 1.54) is 11.0 Å². The molecule has 0 fully saturated rings. The van der Waals surface area contributed by atoms with E-state index in [1.54, 1.807) is 21.1 Å². The van der Waals surface area contributed by atoms with Gasteiger partial charge in [0.05, 0.1) is 23.1 Å². The number of hydrogen-bond donors (Lipinski definition) is 0. The van der Waals surface area contributed by atoms with Gasteiger partial charge in [-0.05, 0) is 18.6 Å². The second kappa shape index (κ2) is 10.9. The summed E-state index contributed by atoms with van der Waals surface area (Å²) in [5.74, 6) is -2.11. The molecule has 4 rings (SSSR count). The van der Waals surface area contributed by atoms with Crippen molar-refractivity contribution in [1.82, 2.24) is 9.88 Å². The molecular formula is C22H22ClF3N2O9S. The molecule has 0 saturated carbocycles. The van der Waals surface area contributed by atoms with E-state index >= 15 is 0 Å². The first-order valence-electron chi connectivity index (χ1n) is 10.8. The molecule has 2 aliphatic heterocycles. The molecule has 0 aliphatic carbocycles. The number of aromatic nitrogens is 1. The highest BCUT2D eigenvalue weighted by atomic mass is 35.5. The van der Waals surface area contributed by atoms with Crippen LogP contribution >= 0.6 is 11.6 Å². The van der Waals surface area contributed by atoms with Gasteiger partial charge >= 0.3 is 21.6 Å². The van der Waals surface area contributed by atoms with Gasteiger partial charge in [0.25, 0.3) is 5.91 Å². The Morgan fingerprint density at radius 1 is 1.29 bits per heavy atom. The van der Waals surface area contributed by atoms with Gasteiger partial charge in [0.2, 0.25) is 5.88 Å². The number of nitrogens with zero attached hydrogens (tertiary/aromatic N) is 2. The van der Waals surface area contributed by atoms with Gasteiger partial charge < -0.3 is 23.3 Å². The number of pyridine rings is 1. The quantitative estimate of drug-likeness (QED) is 0.224. The van der Waals surface area contributed by atoms with Gasteiger partial charge in [0.1, 0.15) is 5.75 Å². The molecule has 2 atom stereocenters. The number of methoxy groups -OCH3 is 1. The molecule has 0 saturated heterocycles. The Balaban J connectivity index is 0.00000127. The smallest absolute Gasteiger partial charge is 0.481 e. The zero-order valence-electron chi connectivity index (χ0n) is 20.4. The minimum absolute atomic E-state index is 0.00219. The minimum atomic E-state index is -6.09. The van der Waals surface area contributed by atoms with E-state index in [0.717, 1.165) is 6.92 Å². The number of aldehydes is 1. The van der Waals surface area contributed by atoms with Crippen molar-refractivity contribution in [2.75, 3.05) is 20.8 Å². The molecule has 0 bridgehead atoms. The number of ether oxygens (including phenoxy) is 3. The average molecular weight is 583 g/mol. The maximum Gasteiger partial charge on any atom is 0.534 e. The topological polar surface area (TPSA) is 138 Å². The highest BCUT2D eigenvalue weighted by Crippen LogP contribution is 2.49. The van der Waals surface area contributed by atoms with Crippen molar-refractivity contribution in [3.63, 3.8) is 0 Å². The Labute approximate surface area is 219 Å². The monoisotopic (exact) mass is 582 g/mol. The van der Waals surface area contributed by atoms with E-state index in [0.29, 0.717) is 17.2 Å². The third-order valence-corrected chi connectivity index (χ3v) is 6.84. The predicted octanol–water partition coefficient (Wildman–Crippen LogP) is 2.85. The molecule has 0 radical (unpaired) electrons. The second-order valence-corrected chi connectivity index (χ2v) is 10.2. The Morgan fingerprint density at radius 2 is 1.92 bits per heavy atom. The van der Waals surface area contributed by atoms with Crippen LogP contribution in [0.1, 0.15) is 36.6 Å². The third-order valence-electron chi connectivity index (χ3n) is 5.62. The summed E-state index contributed by atoms with van der Waals surface area (Å²) in [5, 5.41) is 0.346. The number of carbonyl (C=O) groups excluding carboxylic acids is 3. The first-order chi connectivity index (χ1) is 17.7. The number of amides is 1. The molecule has 1 unspecified atom stereocenters. The van der Waals surface area contributed by atoms with Crippen LogP contribution in [0.25, 0.3) is 10.9 Å². The molecule has 2 aromatic rings. The maximum atomic E-state index is 13.0. The van der Waals surface area contributed by atoms with Crippen molar-refractivity contribution >= 4 is 50.8 Å². The van der Waals surface area contributed by atoms with Gasteiger partial charge in [-0.15, -0.1) is 0 Å². The SMILES string of the molecule is CC(=O)OCC(=O)N1Cc2c(OS(=O)(=O)C(F)(F)F)nc3cc(Cl)c4c(c3c2[C@@H]1C)CC(C=O)O4.COC. The van der Waals surface area contributed by atoms with Crippen LogP contribution in [-0.2, 0) is 46.9 Å². The summed E-state index contributed by atoms with van der Waals surface area (Å²) < 4.78 is 81.5. The van der Waals surface area contributed by atoms with E-state index in [-0.39, 0.29) is 40.4 Å². The lowest BCUT2D eigenvalue weighted by molar-refractivity contribution is -0.151. The largest absolute Gasteiger partial charge is 0.534 e. The van der Waals surface area contributed by atoms with Gasteiger partial charge in [0, 0.05) is 44.1 Å². The normalized spacial score (nSPS) is 18.2. The van der Waals surface area contributed by atoms with Crippen molar-refractivity contribution in [1.29, 1.82) is 0 Å². The molecule has 11 nitrogen and oxygen atoms in total. The number of carbonyl (C=O) groups is 3. The molecule has 1 amide bonds. The van der Waals surface area contributed by atoms with Crippen LogP contribution in [0.2, 0.25) is 5.02 Å². The first kappa shape index (κ1) is 29.4. The van der Waals surface area contributed by atoms with Crippen LogP contribution in [-0.4, -0.2) is 68.9 Å². The summed E-state index contributed by atoms with van der Waals surface area (Å²) in [6, 6.07) is 0.418. The van der Waals surface area contributed by atoms with E-state index in [4.69, 9.17) is 21.1 Å². The second-order valence-electron chi connectivity index (χ2n) is 8.24. The molecule has 1 aromatic heterocycles. The Bertz CT molecular complexity index is 1400. The predicted molar refractivity (Wildman–Crippen MR) is 125 cm³/mol. The lowest BCUT2D eigenvalue weighted by Gasteiger charge is -2.22. The highest BCUT2D eigenvalue weighted by Gasteiger charge is 2.50. The fourth-order valence-corrected chi connectivity index (χ4v) is 4.84. The molecule has 208 valence electrons. The fraction of sp³-hybridized carbons (Fsp3) is 0.455. The van der Waals surface area contributed by atoms with Crippen molar-refractivity contribution in [3.05, 3.63) is 27.8 Å². The van der Waals surface area contributed by atoms with Crippen molar-refractivity contribution in [3.8, 4) is 11.6 Å². The van der Waals surface area contributed by atoms with Crippen molar-refractivity contribution in [2.24, 2.45) is 0 Å². The standard InChI is InChI=1S/C20H16ClF3N2O8S.C2H6O/c1-8-16-12(5-26(8)15(29)7-32-9(2)28)19(34-35(30,31)20(22,23)24)25-14-4-13(21)18-11(17(14)16)3-10(6-27)33-18;1-3-2/h4,6,8,10H,3,5,7H2,1-2H3;1-2H3/t8-,10?;/m0./s1. The average Bonchev–Trinajstić information content (AvgIpc) is 3.40. The molecule has 0 N–H and O–H groups in total. The highest BCUT2D eigenvalue weighted by molar-refractivity contribution is 7.88. The Kier molecular flexibility index (Phi) is 8.43. The number of benzene rings is 1. The van der Waals surface area contributed by atoms with Gasteiger partial charge in [0.15, 0.2) is 19.0 Å². The lowest BCUT2D eigenvalue weighted by atomic mass is 9.94. The van der Waals surface area contributed by atoms with Gasteiger partial charge in [-0.3, -0.25) is 14.4 Å². The number of halogens is 4. The molecule has 0 spiro atoms. The summed E-state index contributed by atoms with van der Waals surface area (Å²) in [4.78, 5) is 40.3. The summed E-state index contributed by atoms with van der Waals surface area (Å²) in [6.07, 6.45) is -0.246. The first-order valence-corrected chi connectivity index (χ1v) is 12.6. The molecule has 1 aromatic carbocycles. The fourth-order valence-electron chi connectivity index (χ4n) is 4.14. The summed E-state index contributed by atoms with van der Waals surface area (Å²) in [5.41, 5.74) is -5.16. The van der Waals surface area contributed by atoms with Crippen LogP contribution in [0.15, 0.2) is 6.07 Å². The molecular weight excluding hydrogens is 561 g/mol. The number of fused-ring (bicyclic) bond motifs is 5. The third kappa shape index (κ3) is 5.49. The number of rotatable bonds is 5. The van der Waals surface area contributed by atoms with Crippen LogP contribution in [0, 0.1) is 0 Å². The van der Waals surface area contributed by atoms with Gasteiger partial charge in [-0.1, -0.05) is 11.6 Å². The van der Waals surface area contributed by atoms with Crippen LogP contribution in [0.4, 0.5) is 13.2 Å². The molecule has 3 heterocycles. The number of esters is 1. The Hall–Kier alpha value is -3.17. The zero-order valence-corrected chi connectivity index (χ0v) is 22.0. The van der Waals surface area contributed by atoms with Crippen LogP contribution < -0.4 is 8.92 Å². The van der Waals surface area contributed by atoms with Gasteiger partial charge in [-0.2, -0.15) is 21.6 Å². The van der Waals surface area contributed by atoms with E-state index in [9.17, 15) is 36.0 Å². The lowest BCUT2D eigenvalue weighted by Crippen LogP contribution is -2.32. The van der Waals surface area contributed by atoms with Crippen molar-refractivity contribution in [2.45, 2.75) is 44.5 Å². The minimum Gasteiger partial charge on any atom is -0.481 e. The van der Waals surface area contributed by atoms with E-state index < -0.39 is 52.1 Å². The maximum absolute atomic E-state index is 13.0. The van der Waals surface area contributed by atoms with Crippen LogP contribution in [0.5, 0.6) is 11.6 Å². The molecule has 2 aliphatic rings. The number of hydrogen-bond acceptors (Lipinski definition) is 10. The summed E-state index contributed by atoms with van der Waals surface area (Å²) in [6.45, 7) is 1.62. The van der Waals surface area contributed by atoms with Crippen LogP contribution in [0.3, 0.4) is 0 Å². The summed E-state index contributed by atoms with van der Waals surface area (Å²) >= 11 is 6.23. The molecule has 16 heteroatoms.